The quantitative estimate of drug-likeness (QED) is 0.321. The first-order valence-corrected chi connectivity index (χ1v) is 8.88. The van der Waals surface area contributed by atoms with Gasteiger partial charge in [-0.3, -0.25) is 4.79 Å². The molecule has 2 aromatic rings. The fraction of sp³-hybridized carbons (Fsp3) is 0.158. The molecule has 0 bridgehead atoms. The van der Waals surface area contributed by atoms with Crippen LogP contribution in [0.5, 0.6) is 5.75 Å². The minimum atomic E-state index is -1.95. The SMILES string of the molecule is COC(=O)c1cccc(OC(NC(=O)/C=C/c2ccccc2)C(Cl)(Cl)Cl)c1. The van der Waals surface area contributed by atoms with Crippen molar-refractivity contribution >= 4 is 52.8 Å². The Morgan fingerprint density at radius 1 is 1.07 bits per heavy atom. The molecule has 0 saturated heterocycles. The standard InChI is InChI=1S/C19H16Cl3NO4/c1-26-17(25)14-8-5-9-15(12-14)27-18(19(20,21)22)23-16(24)11-10-13-6-3-2-4-7-13/h2-12,18H,1H3,(H,23,24)/b11-10+. The summed E-state index contributed by atoms with van der Waals surface area (Å²) >= 11 is 17.7. The molecule has 0 spiro atoms. The molecule has 1 atom stereocenters. The first-order valence-electron chi connectivity index (χ1n) is 7.75. The molecule has 8 heteroatoms. The van der Waals surface area contributed by atoms with Gasteiger partial charge in [-0.25, -0.2) is 4.79 Å². The lowest BCUT2D eigenvalue weighted by atomic mass is 10.2. The largest absolute Gasteiger partial charge is 0.466 e. The Hall–Kier alpha value is -2.21. The third kappa shape index (κ3) is 6.79. The van der Waals surface area contributed by atoms with Crippen LogP contribution in [0.25, 0.3) is 6.08 Å². The minimum absolute atomic E-state index is 0.224. The van der Waals surface area contributed by atoms with Crippen molar-refractivity contribution in [1.82, 2.24) is 5.32 Å². The molecule has 5 nitrogen and oxygen atoms in total. The Labute approximate surface area is 171 Å². The van der Waals surface area contributed by atoms with Gasteiger partial charge in [-0.05, 0) is 29.8 Å². The first-order chi connectivity index (χ1) is 12.8. The number of nitrogens with one attached hydrogen (secondary N) is 1. The lowest BCUT2D eigenvalue weighted by Gasteiger charge is -2.26. The molecule has 142 valence electrons. The van der Waals surface area contributed by atoms with E-state index < -0.39 is 21.9 Å². The predicted molar refractivity (Wildman–Crippen MR) is 106 cm³/mol. The van der Waals surface area contributed by atoms with E-state index in [1.807, 2.05) is 30.3 Å². The number of methoxy groups -OCH3 is 1. The van der Waals surface area contributed by atoms with E-state index in [4.69, 9.17) is 39.5 Å². The highest BCUT2D eigenvalue weighted by Gasteiger charge is 2.36. The average molecular weight is 429 g/mol. The molecule has 0 fully saturated rings. The van der Waals surface area contributed by atoms with Gasteiger partial charge in [0.05, 0.1) is 12.7 Å². The Bertz CT molecular complexity index is 819. The van der Waals surface area contributed by atoms with Gasteiger partial charge in [0.25, 0.3) is 0 Å². The highest BCUT2D eigenvalue weighted by atomic mass is 35.6. The molecule has 0 aliphatic carbocycles. The van der Waals surface area contributed by atoms with Crippen molar-refractivity contribution in [3.8, 4) is 5.75 Å². The third-order valence-corrected chi connectivity index (χ3v) is 3.90. The van der Waals surface area contributed by atoms with E-state index in [1.165, 1.54) is 19.3 Å². The van der Waals surface area contributed by atoms with Crippen LogP contribution in [0.4, 0.5) is 0 Å². The van der Waals surface area contributed by atoms with Gasteiger partial charge in [0.2, 0.25) is 15.9 Å². The summed E-state index contributed by atoms with van der Waals surface area (Å²) in [6.45, 7) is 0. The van der Waals surface area contributed by atoms with Gasteiger partial charge in [-0.2, -0.15) is 0 Å². The maximum atomic E-state index is 12.2. The van der Waals surface area contributed by atoms with E-state index in [0.29, 0.717) is 0 Å². The lowest BCUT2D eigenvalue weighted by molar-refractivity contribution is -0.118. The summed E-state index contributed by atoms with van der Waals surface area (Å²) in [7, 11) is 1.26. The number of esters is 1. The van der Waals surface area contributed by atoms with E-state index in [0.717, 1.165) is 5.56 Å². The van der Waals surface area contributed by atoms with Gasteiger partial charge in [0, 0.05) is 6.08 Å². The summed E-state index contributed by atoms with van der Waals surface area (Å²) in [5, 5.41) is 2.48. The molecule has 2 rings (SSSR count). The van der Waals surface area contributed by atoms with Crippen LogP contribution in [0.2, 0.25) is 0 Å². The van der Waals surface area contributed by atoms with Crippen molar-refractivity contribution < 1.29 is 19.1 Å². The second kappa shape index (κ2) is 9.65. The van der Waals surface area contributed by atoms with Crippen LogP contribution in [0, 0.1) is 0 Å². The second-order valence-corrected chi connectivity index (χ2v) is 7.68. The molecule has 1 N–H and O–H groups in total. The molecule has 0 radical (unpaired) electrons. The Balaban J connectivity index is 2.11. The molecule has 0 aromatic heterocycles. The molecule has 1 amide bonds. The highest BCUT2D eigenvalue weighted by Crippen LogP contribution is 2.32. The maximum absolute atomic E-state index is 12.2. The number of hydrogen-bond donors (Lipinski definition) is 1. The second-order valence-electron chi connectivity index (χ2n) is 5.31. The first kappa shape index (κ1) is 21.1. The van der Waals surface area contributed by atoms with Crippen molar-refractivity contribution in [2.24, 2.45) is 0 Å². The summed E-state index contributed by atoms with van der Waals surface area (Å²) in [4.78, 5) is 23.8. The van der Waals surface area contributed by atoms with E-state index in [-0.39, 0.29) is 11.3 Å². The summed E-state index contributed by atoms with van der Waals surface area (Å²) in [6, 6.07) is 15.3. The van der Waals surface area contributed by atoms with Gasteiger partial charge in [-0.1, -0.05) is 71.2 Å². The molecule has 0 heterocycles. The van der Waals surface area contributed by atoms with Crippen LogP contribution in [0.3, 0.4) is 0 Å². The number of ether oxygens (including phenoxy) is 2. The summed E-state index contributed by atoms with van der Waals surface area (Å²) < 4.78 is 8.27. The molecule has 27 heavy (non-hydrogen) atoms. The minimum Gasteiger partial charge on any atom is -0.466 e. The molecule has 0 aliphatic heterocycles. The van der Waals surface area contributed by atoms with Gasteiger partial charge < -0.3 is 14.8 Å². The van der Waals surface area contributed by atoms with Crippen LogP contribution in [-0.4, -0.2) is 29.0 Å². The van der Waals surface area contributed by atoms with Crippen LogP contribution >= 0.6 is 34.8 Å². The Morgan fingerprint density at radius 3 is 2.41 bits per heavy atom. The van der Waals surface area contributed by atoms with Crippen molar-refractivity contribution in [2.75, 3.05) is 7.11 Å². The smallest absolute Gasteiger partial charge is 0.337 e. The van der Waals surface area contributed by atoms with E-state index in [2.05, 4.69) is 10.1 Å². The number of carbonyl (C=O) groups excluding carboxylic acids is 2. The fourth-order valence-electron chi connectivity index (χ4n) is 2.04. The van der Waals surface area contributed by atoms with Crippen LogP contribution < -0.4 is 10.1 Å². The average Bonchev–Trinajstić information content (AvgIpc) is 2.65. The van der Waals surface area contributed by atoms with Crippen LogP contribution in [-0.2, 0) is 9.53 Å². The number of rotatable bonds is 6. The van der Waals surface area contributed by atoms with Gasteiger partial charge in [0.15, 0.2) is 0 Å². The fourth-order valence-corrected chi connectivity index (χ4v) is 2.34. The number of halogens is 3. The van der Waals surface area contributed by atoms with Crippen LogP contribution in [0.15, 0.2) is 60.7 Å². The highest BCUT2D eigenvalue weighted by molar-refractivity contribution is 6.68. The molecular formula is C19H16Cl3NO4. The molecule has 2 aromatic carbocycles. The monoisotopic (exact) mass is 427 g/mol. The normalized spacial score (nSPS) is 12.4. The molecule has 0 aliphatic rings. The van der Waals surface area contributed by atoms with Gasteiger partial charge in [-0.15, -0.1) is 0 Å². The number of amides is 1. The maximum Gasteiger partial charge on any atom is 0.337 e. The van der Waals surface area contributed by atoms with Crippen molar-refractivity contribution in [3.05, 3.63) is 71.8 Å². The van der Waals surface area contributed by atoms with E-state index >= 15 is 0 Å². The number of alkyl halides is 3. The van der Waals surface area contributed by atoms with Crippen molar-refractivity contribution in [2.45, 2.75) is 10.0 Å². The van der Waals surface area contributed by atoms with E-state index in [9.17, 15) is 9.59 Å². The Kier molecular flexibility index (Phi) is 7.54. The zero-order chi connectivity index (χ0) is 19.9. The molecular weight excluding hydrogens is 413 g/mol. The van der Waals surface area contributed by atoms with Crippen molar-refractivity contribution in [1.29, 1.82) is 0 Å². The van der Waals surface area contributed by atoms with Gasteiger partial charge >= 0.3 is 5.97 Å². The van der Waals surface area contributed by atoms with Crippen LogP contribution in [0.1, 0.15) is 15.9 Å². The van der Waals surface area contributed by atoms with E-state index in [1.54, 1.807) is 24.3 Å². The summed E-state index contributed by atoms with van der Waals surface area (Å²) in [6.07, 6.45) is 1.62. The topological polar surface area (TPSA) is 64.6 Å². The van der Waals surface area contributed by atoms with Gasteiger partial charge in [0.1, 0.15) is 5.75 Å². The molecule has 0 saturated carbocycles. The summed E-state index contributed by atoms with van der Waals surface area (Å²) in [5.74, 6) is -0.832. The van der Waals surface area contributed by atoms with Crippen molar-refractivity contribution in [3.63, 3.8) is 0 Å². The number of benzene rings is 2. The lowest BCUT2D eigenvalue weighted by Crippen LogP contribution is -2.47. The number of carbonyl (C=O) groups is 2. The molecule has 1 unspecified atom stereocenters. The summed E-state index contributed by atoms with van der Waals surface area (Å²) in [5.41, 5.74) is 1.10. The number of hydrogen-bond acceptors (Lipinski definition) is 4. The predicted octanol–water partition coefficient (Wildman–Crippen LogP) is 4.38. The zero-order valence-electron chi connectivity index (χ0n) is 14.2. The Morgan fingerprint density at radius 2 is 1.78 bits per heavy atom. The zero-order valence-corrected chi connectivity index (χ0v) is 16.5. The third-order valence-electron chi connectivity index (χ3n) is 3.31.